The summed E-state index contributed by atoms with van der Waals surface area (Å²) in [7, 11) is 1.51. The van der Waals surface area contributed by atoms with Crippen LogP contribution in [0.4, 0.5) is 0 Å². The average molecular weight is 295 g/mol. The third kappa shape index (κ3) is 4.37. The van der Waals surface area contributed by atoms with Crippen molar-refractivity contribution < 1.29 is 24.2 Å². The maximum absolute atomic E-state index is 12.1. The van der Waals surface area contributed by atoms with Gasteiger partial charge in [-0.3, -0.25) is 4.79 Å². The molecule has 0 spiro atoms. The highest BCUT2D eigenvalue weighted by Gasteiger charge is 2.24. The Morgan fingerprint density at radius 2 is 1.95 bits per heavy atom. The van der Waals surface area contributed by atoms with Crippen LogP contribution in [0.3, 0.4) is 0 Å². The molecule has 116 valence electrons. The second-order valence-corrected chi connectivity index (χ2v) is 4.83. The Balaban J connectivity index is 2.96. The summed E-state index contributed by atoms with van der Waals surface area (Å²) in [5.74, 6) is -0.760. The number of carboxylic acid groups (broad SMARTS) is 1. The fourth-order valence-electron chi connectivity index (χ4n) is 1.82. The van der Waals surface area contributed by atoms with Crippen molar-refractivity contribution in [3.05, 3.63) is 23.8 Å². The molecule has 1 rings (SSSR count). The molecule has 0 aromatic heterocycles. The molecule has 0 saturated carbocycles. The SMILES string of the molecule is CCOc1cc(C(=O)N[C@@H](C(=O)O)C(C)C)ccc1OC. The van der Waals surface area contributed by atoms with E-state index in [1.807, 2.05) is 6.92 Å². The van der Waals surface area contributed by atoms with E-state index in [2.05, 4.69) is 5.32 Å². The molecule has 1 aromatic rings. The molecule has 21 heavy (non-hydrogen) atoms. The van der Waals surface area contributed by atoms with E-state index >= 15 is 0 Å². The number of carboxylic acids is 1. The average Bonchev–Trinajstić information content (AvgIpc) is 2.44. The standard InChI is InChI=1S/C15H21NO5/c1-5-21-12-8-10(6-7-11(12)20-4)14(17)16-13(9(2)3)15(18)19/h6-9,13H,5H2,1-4H3,(H,16,17)(H,18,19)/t13-/m1/s1. The third-order valence-corrected chi connectivity index (χ3v) is 2.94. The molecule has 0 aliphatic carbocycles. The Kier molecular flexibility index (Phi) is 6.02. The van der Waals surface area contributed by atoms with Crippen molar-refractivity contribution >= 4 is 11.9 Å². The van der Waals surface area contributed by atoms with Gasteiger partial charge in [0.2, 0.25) is 0 Å². The molecule has 1 aromatic carbocycles. The molecule has 1 amide bonds. The Hall–Kier alpha value is -2.24. The molecule has 6 heteroatoms. The molecule has 6 nitrogen and oxygen atoms in total. The van der Waals surface area contributed by atoms with Crippen LogP contribution < -0.4 is 14.8 Å². The first-order valence-electron chi connectivity index (χ1n) is 6.75. The van der Waals surface area contributed by atoms with E-state index < -0.39 is 17.9 Å². The number of hydrogen-bond acceptors (Lipinski definition) is 4. The lowest BCUT2D eigenvalue weighted by molar-refractivity contribution is -0.140. The van der Waals surface area contributed by atoms with Crippen molar-refractivity contribution in [2.75, 3.05) is 13.7 Å². The highest BCUT2D eigenvalue weighted by Crippen LogP contribution is 2.28. The van der Waals surface area contributed by atoms with Crippen molar-refractivity contribution in [1.29, 1.82) is 0 Å². The number of methoxy groups -OCH3 is 1. The molecule has 0 fully saturated rings. The van der Waals surface area contributed by atoms with Gasteiger partial charge >= 0.3 is 5.97 Å². The number of hydrogen-bond donors (Lipinski definition) is 2. The van der Waals surface area contributed by atoms with Crippen LogP contribution in [-0.4, -0.2) is 36.7 Å². The number of ether oxygens (including phenoxy) is 2. The molecule has 0 heterocycles. The van der Waals surface area contributed by atoms with Gasteiger partial charge in [0, 0.05) is 5.56 Å². The second-order valence-electron chi connectivity index (χ2n) is 4.83. The third-order valence-electron chi connectivity index (χ3n) is 2.94. The maximum Gasteiger partial charge on any atom is 0.326 e. The van der Waals surface area contributed by atoms with Gasteiger partial charge in [-0.05, 0) is 31.0 Å². The molecule has 2 N–H and O–H groups in total. The van der Waals surface area contributed by atoms with Gasteiger partial charge in [-0.1, -0.05) is 13.8 Å². The van der Waals surface area contributed by atoms with Crippen LogP contribution in [0.15, 0.2) is 18.2 Å². The van der Waals surface area contributed by atoms with Crippen LogP contribution in [0.5, 0.6) is 11.5 Å². The lowest BCUT2D eigenvalue weighted by Crippen LogP contribution is -2.44. The summed E-state index contributed by atoms with van der Waals surface area (Å²) in [6.07, 6.45) is 0. The van der Waals surface area contributed by atoms with Gasteiger partial charge in [0.1, 0.15) is 6.04 Å². The zero-order valence-corrected chi connectivity index (χ0v) is 12.7. The van der Waals surface area contributed by atoms with E-state index in [1.165, 1.54) is 13.2 Å². The predicted molar refractivity (Wildman–Crippen MR) is 77.9 cm³/mol. The summed E-state index contributed by atoms with van der Waals surface area (Å²) in [5.41, 5.74) is 0.325. The molecular weight excluding hydrogens is 274 g/mol. The summed E-state index contributed by atoms with van der Waals surface area (Å²) >= 11 is 0. The molecule has 1 atom stereocenters. The van der Waals surface area contributed by atoms with Crippen LogP contribution >= 0.6 is 0 Å². The topological polar surface area (TPSA) is 84.9 Å². The molecule has 0 radical (unpaired) electrons. The van der Waals surface area contributed by atoms with Gasteiger partial charge in [-0.25, -0.2) is 4.79 Å². The van der Waals surface area contributed by atoms with E-state index in [0.29, 0.717) is 23.7 Å². The van der Waals surface area contributed by atoms with Gasteiger partial charge in [-0.2, -0.15) is 0 Å². The Morgan fingerprint density at radius 3 is 2.43 bits per heavy atom. The Morgan fingerprint density at radius 1 is 1.29 bits per heavy atom. The van der Waals surface area contributed by atoms with E-state index in [4.69, 9.17) is 14.6 Å². The Labute approximate surface area is 124 Å². The van der Waals surface area contributed by atoms with E-state index in [9.17, 15) is 9.59 Å². The summed E-state index contributed by atoms with van der Waals surface area (Å²) in [6.45, 7) is 5.73. The monoisotopic (exact) mass is 295 g/mol. The summed E-state index contributed by atoms with van der Waals surface area (Å²) in [4.78, 5) is 23.3. The van der Waals surface area contributed by atoms with E-state index in [0.717, 1.165) is 0 Å². The van der Waals surface area contributed by atoms with Gasteiger partial charge in [0.15, 0.2) is 11.5 Å². The van der Waals surface area contributed by atoms with E-state index in [-0.39, 0.29) is 5.92 Å². The highest BCUT2D eigenvalue weighted by molar-refractivity contribution is 5.97. The summed E-state index contributed by atoms with van der Waals surface area (Å²) in [6, 6.07) is 3.79. The number of aliphatic carboxylic acids is 1. The fourth-order valence-corrected chi connectivity index (χ4v) is 1.82. The number of carbonyl (C=O) groups is 2. The van der Waals surface area contributed by atoms with Crippen molar-refractivity contribution in [2.45, 2.75) is 26.8 Å². The maximum atomic E-state index is 12.1. The second kappa shape index (κ2) is 7.52. The fraction of sp³-hybridized carbons (Fsp3) is 0.467. The van der Waals surface area contributed by atoms with Crippen molar-refractivity contribution in [3.8, 4) is 11.5 Å². The molecule has 0 saturated heterocycles. The Bertz CT molecular complexity index is 513. The van der Waals surface area contributed by atoms with Gasteiger partial charge in [-0.15, -0.1) is 0 Å². The van der Waals surface area contributed by atoms with Gasteiger partial charge < -0.3 is 19.9 Å². The molecule has 0 aliphatic heterocycles. The molecule has 0 unspecified atom stereocenters. The van der Waals surface area contributed by atoms with E-state index in [1.54, 1.807) is 26.0 Å². The highest BCUT2D eigenvalue weighted by atomic mass is 16.5. The van der Waals surface area contributed by atoms with Crippen molar-refractivity contribution in [2.24, 2.45) is 5.92 Å². The number of nitrogens with one attached hydrogen (secondary N) is 1. The van der Waals surface area contributed by atoms with Crippen LogP contribution in [0.25, 0.3) is 0 Å². The predicted octanol–water partition coefficient (Wildman–Crippen LogP) is 1.93. The first-order valence-corrected chi connectivity index (χ1v) is 6.75. The summed E-state index contributed by atoms with van der Waals surface area (Å²) in [5, 5.41) is 11.6. The van der Waals surface area contributed by atoms with Crippen molar-refractivity contribution in [1.82, 2.24) is 5.32 Å². The number of rotatable bonds is 7. The first kappa shape index (κ1) is 16.8. The zero-order chi connectivity index (χ0) is 16.0. The van der Waals surface area contributed by atoms with Gasteiger partial charge in [0.05, 0.1) is 13.7 Å². The molecular formula is C15H21NO5. The van der Waals surface area contributed by atoms with Crippen LogP contribution in [0.2, 0.25) is 0 Å². The normalized spacial score (nSPS) is 11.9. The lowest BCUT2D eigenvalue weighted by Gasteiger charge is -2.18. The smallest absolute Gasteiger partial charge is 0.326 e. The lowest BCUT2D eigenvalue weighted by atomic mass is 10.0. The van der Waals surface area contributed by atoms with Gasteiger partial charge in [0.25, 0.3) is 5.91 Å². The van der Waals surface area contributed by atoms with Crippen LogP contribution in [0.1, 0.15) is 31.1 Å². The van der Waals surface area contributed by atoms with Crippen LogP contribution in [0, 0.1) is 5.92 Å². The van der Waals surface area contributed by atoms with Crippen LogP contribution in [-0.2, 0) is 4.79 Å². The number of carbonyl (C=O) groups excluding carboxylic acids is 1. The summed E-state index contributed by atoms with van der Waals surface area (Å²) < 4.78 is 10.5. The quantitative estimate of drug-likeness (QED) is 0.803. The molecule has 0 aliphatic rings. The number of benzene rings is 1. The largest absolute Gasteiger partial charge is 0.493 e. The molecule has 0 bridgehead atoms. The minimum atomic E-state index is -1.06. The minimum absolute atomic E-state index is 0.212. The first-order chi connectivity index (χ1) is 9.90. The zero-order valence-electron chi connectivity index (χ0n) is 12.7. The number of amides is 1. The minimum Gasteiger partial charge on any atom is -0.493 e. The van der Waals surface area contributed by atoms with Crippen molar-refractivity contribution in [3.63, 3.8) is 0 Å².